The molecule has 3 heteroatoms. The number of benzene rings is 1. The minimum atomic E-state index is 0.0982. The van der Waals surface area contributed by atoms with Crippen LogP contribution in [0.2, 0.25) is 0 Å². The normalized spacial score (nSPS) is 9.86. The molecule has 0 aromatic heterocycles. The van der Waals surface area contributed by atoms with Crippen molar-refractivity contribution in [1.29, 1.82) is 0 Å². The summed E-state index contributed by atoms with van der Waals surface area (Å²) in [5.41, 5.74) is 1.56. The van der Waals surface area contributed by atoms with Gasteiger partial charge in [-0.15, -0.1) is 0 Å². The van der Waals surface area contributed by atoms with Crippen LogP contribution in [0, 0.1) is 0 Å². The van der Waals surface area contributed by atoms with Gasteiger partial charge in [0.15, 0.2) is 6.29 Å². The predicted molar refractivity (Wildman–Crippen MR) is 56.8 cm³/mol. The van der Waals surface area contributed by atoms with Crippen molar-refractivity contribution in [2.24, 2.45) is 0 Å². The highest BCUT2D eigenvalue weighted by atomic mass is 16.3. The van der Waals surface area contributed by atoms with Crippen LogP contribution in [0.4, 0.5) is 5.69 Å². The van der Waals surface area contributed by atoms with Gasteiger partial charge in [0.05, 0.1) is 6.61 Å². The summed E-state index contributed by atoms with van der Waals surface area (Å²) >= 11 is 0. The van der Waals surface area contributed by atoms with Crippen LogP contribution in [0.3, 0.4) is 0 Å². The van der Waals surface area contributed by atoms with Crippen LogP contribution in [0.5, 0.6) is 0 Å². The summed E-state index contributed by atoms with van der Waals surface area (Å²) < 4.78 is 0. The van der Waals surface area contributed by atoms with Crippen molar-refractivity contribution < 1.29 is 9.90 Å². The molecule has 0 saturated carbocycles. The molecule has 0 fully saturated rings. The van der Waals surface area contributed by atoms with Crippen molar-refractivity contribution >= 4 is 12.0 Å². The summed E-state index contributed by atoms with van der Waals surface area (Å²) in [4.78, 5) is 12.7. The van der Waals surface area contributed by atoms with Crippen molar-refractivity contribution in [2.45, 2.75) is 6.92 Å². The Bertz CT molecular complexity index is 299. The number of para-hydroxylation sites is 1. The quantitative estimate of drug-likeness (QED) is 0.717. The van der Waals surface area contributed by atoms with Crippen LogP contribution in [0.1, 0.15) is 17.3 Å². The summed E-state index contributed by atoms with van der Waals surface area (Å²) in [7, 11) is 0. The molecule has 0 saturated heterocycles. The molecule has 0 radical (unpaired) electrons. The van der Waals surface area contributed by atoms with Crippen LogP contribution >= 0.6 is 0 Å². The summed E-state index contributed by atoms with van der Waals surface area (Å²) in [6, 6.07) is 7.40. The monoisotopic (exact) mass is 193 g/mol. The number of hydrogen-bond donors (Lipinski definition) is 1. The Morgan fingerprint density at radius 1 is 1.43 bits per heavy atom. The van der Waals surface area contributed by atoms with E-state index in [4.69, 9.17) is 5.11 Å². The number of aliphatic hydroxyl groups excluding tert-OH is 1. The van der Waals surface area contributed by atoms with Gasteiger partial charge in [-0.05, 0) is 19.1 Å². The second kappa shape index (κ2) is 5.40. The first-order valence-corrected chi connectivity index (χ1v) is 4.73. The molecule has 0 aliphatic heterocycles. The number of anilines is 1. The Kier molecular flexibility index (Phi) is 4.13. The maximum atomic E-state index is 10.8. The van der Waals surface area contributed by atoms with E-state index in [0.29, 0.717) is 12.1 Å². The third-order valence-electron chi connectivity index (χ3n) is 2.16. The fourth-order valence-electron chi connectivity index (χ4n) is 1.44. The molecule has 0 bridgehead atoms. The lowest BCUT2D eigenvalue weighted by Crippen LogP contribution is -2.27. The van der Waals surface area contributed by atoms with Gasteiger partial charge in [0.2, 0.25) is 0 Å². The van der Waals surface area contributed by atoms with Gasteiger partial charge >= 0.3 is 0 Å². The van der Waals surface area contributed by atoms with Crippen molar-refractivity contribution in [1.82, 2.24) is 0 Å². The van der Waals surface area contributed by atoms with Gasteiger partial charge in [-0.3, -0.25) is 4.79 Å². The third-order valence-corrected chi connectivity index (χ3v) is 2.16. The van der Waals surface area contributed by atoms with Crippen molar-refractivity contribution in [3.8, 4) is 0 Å². The number of likely N-dealkylation sites (N-methyl/N-ethyl adjacent to an activating group) is 1. The molecule has 76 valence electrons. The number of aldehydes is 1. The number of carbonyl (C=O) groups is 1. The molecule has 0 heterocycles. The van der Waals surface area contributed by atoms with Gasteiger partial charge in [-0.2, -0.15) is 0 Å². The standard InChI is InChI=1S/C11H15NO2/c1-2-12(7-8-13)11-6-4-3-5-10(11)9-14/h3-6,9,13H,2,7-8H2,1H3. The molecule has 1 aromatic carbocycles. The maximum Gasteiger partial charge on any atom is 0.152 e. The Hall–Kier alpha value is -1.35. The van der Waals surface area contributed by atoms with Crippen LogP contribution in [-0.2, 0) is 0 Å². The van der Waals surface area contributed by atoms with Gasteiger partial charge in [0.1, 0.15) is 0 Å². The van der Waals surface area contributed by atoms with Gasteiger partial charge in [0, 0.05) is 24.3 Å². The second-order valence-corrected chi connectivity index (χ2v) is 2.98. The highest BCUT2D eigenvalue weighted by Gasteiger charge is 2.07. The highest BCUT2D eigenvalue weighted by Crippen LogP contribution is 2.17. The SMILES string of the molecule is CCN(CCO)c1ccccc1C=O. The van der Waals surface area contributed by atoms with Crippen molar-refractivity contribution in [2.75, 3.05) is 24.6 Å². The molecule has 14 heavy (non-hydrogen) atoms. The van der Waals surface area contributed by atoms with E-state index < -0.39 is 0 Å². The van der Waals surface area contributed by atoms with Gasteiger partial charge in [-0.1, -0.05) is 12.1 Å². The van der Waals surface area contributed by atoms with E-state index in [-0.39, 0.29) is 6.61 Å². The lowest BCUT2D eigenvalue weighted by Gasteiger charge is -2.23. The molecule has 0 aliphatic carbocycles. The first-order valence-electron chi connectivity index (χ1n) is 4.73. The molecule has 1 aromatic rings. The van der Waals surface area contributed by atoms with E-state index in [1.54, 1.807) is 6.07 Å². The van der Waals surface area contributed by atoms with E-state index in [1.165, 1.54) is 0 Å². The van der Waals surface area contributed by atoms with E-state index >= 15 is 0 Å². The molecule has 1 N–H and O–H groups in total. The Balaban J connectivity index is 2.95. The third kappa shape index (κ3) is 2.33. The van der Waals surface area contributed by atoms with Gasteiger partial charge in [0.25, 0.3) is 0 Å². The number of hydrogen-bond acceptors (Lipinski definition) is 3. The second-order valence-electron chi connectivity index (χ2n) is 2.98. The van der Waals surface area contributed by atoms with E-state index in [1.807, 2.05) is 30.0 Å². The fourth-order valence-corrected chi connectivity index (χ4v) is 1.44. The van der Waals surface area contributed by atoms with E-state index in [2.05, 4.69) is 0 Å². The Morgan fingerprint density at radius 2 is 2.14 bits per heavy atom. The molecule has 0 spiro atoms. The van der Waals surface area contributed by atoms with Gasteiger partial charge in [-0.25, -0.2) is 0 Å². The number of aliphatic hydroxyl groups is 1. The Labute approximate surface area is 84.0 Å². The summed E-state index contributed by atoms with van der Waals surface area (Å²) in [6.45, 7) is 3.44. The zero-order valence-electron chi connectivity index (χ0n) is 8.31. The van der Waals surface area contributed by atoms with Crippen molar-refractivity contribution in [3.05, 3.63) is 29.8 Å². The minimum absolute atomic E-state index is 0.0982. The lowest BCUT2D eigenvalue weighted by atomic mass is 10.2. The Morgan fingerprint density at radius 3 is 2.71 bits per heavy atom. The first-order chi connectivity index (χ1) is 6.83. The minimum Gasteiger partial charge on any atom is -0.395 e. The number of carbonyl (C=O) groups excluding carboxylic acids is 1. The average Bonchev–Trinajstić information content (AvgIpc) is 2.26. The largest absolute Gasteiger partial charge is 0.395 e. The van der Waals surface area contributed by atoms with E-state index in [9.17, 15) is 4.79 Å². The molecule has 0 unspecified atom stereocenters. The summed E-state index contributed by atoms with van der Waals surface area (Å²) in [6.07, 6.45) is 0.843. The molecule has 0 amide bonds. The van der Waals surface area contributed by atoms with E-state index in [0.717, 1.165) is 18.5 Å². The van der Waals surface area contributed by atoms with Crippen LogP contribution in [0.15, 0.2) is 24.3 Å². The smallest absolute Gasteiger partial charge is 0.152 e. The molecule has 0 atom stereocenters. The zero-order chi connectivity index (χ0) is 10.4. The molecule has 0 aliphatic rings. The molecule has 1 rings (SSSR count). The number of rotatable bonds is 5. The summed E-state index contributed by atoms with van der Waals surface area (Å²) in [5, 5.41) is 8.86. The lowest BCUT2D eigenvalue weighted by molar-refractivity contribution is 0.112. The number of nitrogens with zero attached hydrogens (tertiary/aromatic N) is 1. The fraction of sp³-hybridized carbons (Fsp3) is 0.364. The topological polar surface area (TPSA) is 40.5 Å². The molecule has 3 nitrogen and oxygen atoms in total. The molecular formula is C11H15NO2. The highest BCUT2D eigenvalue weighted by molar-refractivity contribution is 5.84. The van der Waals surface area contributed by atoms with Crippen LogP contribution in [0.25, 0.3) is 0 Å². The summed E-state index contributed by atoms with van der Waals surface area (Å²) in [5.74, 6) is 0. The van der Waals surface area contributed by atoms with Gasteiger partial charge < -0.3 is 10.0 Å². The average molecular weight is 193 g/mol. The predicted octanol–water partition coefficient (Wildman–Crippen LogP) is 1.32. The first kappa shape index (κ1) is 10.7. The van der Waals surface area contributed by atoms with Crippen molar-refractivity contribution in [3.63, 3.8) is 0 Å². The zero-order valence-corrected chi connectivity index (χ0v) is 8.31. The maximum absolute atomic E-state index is 10.8. The van der Waals surface area contributed by atoms with Crippen LogP contribution in [-0.4, -0.2) is 31.1 Å². The van der Waals surface area contributed by atoms with Crippen LogP contribution < -0.4 is 4.90 Å². The molecular weight excluding hydrogens is 178 g/mol.